The van der Waals surface area contributed by atoms with Crippen LogP contribution in [0.5, 0.6) is 5.75 Å². The third-order valence-electron chi connectivity index (χ3n) is 4.93. The van der Waals surface area contributed by atoms with Gasteiger partial charge in [-0.1, -0.05) is 6.07 Å². The number of benzene rings is 1. The monoisotopic (exact) mass is 335 g/mol. The minimum Gasteiger partial charge on any atom is -0.494 e. The topological polar surface area (TPSA) is 44.8 Å². The van der Waals surface area contributed by atoms with E-state index in [9.17, 15) is 9.18 Å². The predicted octanol–water partition coefficient (Wildman–Crippen LogP) is 1.62. The summed E-state index contributed by atoms with van der Waals surface area (Å²) in [6.07, 6.45) is 2.89. The van der Waals surface area contributed by atoms with Gasteiger partial charge < -0.3 is 15.0 Å². The van der Waals surface area contributed by atoms with Gasteiger partial charge in [-0.2, -0.15) is 0 Å². The van der Waals surface area contributed by atoms with Crippen molar-refractivity contribution in [2.24, 2.45) is 0 Å². The van der Waals surface area contributed by atoms with E-state index in [0.29, 0.717) is 19.0 Å². The summed E-state index contributed by atoms with van der Waals surface area (Å²) >= 11 is 0. The number of halogens is 1. The Balaban J connectivity index is 1.46. The first-order valence-corrected chi connectivity index (χ1v) is 8.71. The van der Waals surface area contributed by atoms with Gasteiger partial charge in [0.15, 0.2) is 11.6 Å². The number of rotatable bonds is 5. The van der Waals surface area contributed by atoms with E-state index in [1.54, 1.807) is 6.07 Å². The smallest absolute Gasteiger partial charge is 0.224 e. The van der Waals surface area contributed by atoms with E-state index in [1.807, 2.05) is 11.0 Å². The maximum atomic E-state index is 13.8. The summed E-state index contributed by atoms with van der Waals surface area (Å²) < 4.78 is 18.7. The van der Waals surface area contributed by atoms with Crippen molar-refractivity contribution in [1.29, 1.82) is 0 Å². The first-order valence-electron chi connectivity index (χ1n) is 8.71. The summed E-state index contributed by atoms with van der Waals surface area (Å²) in [6.45, 7) is 4.90. The van der Waals surface area contributed by atoms with Crippen molar-refractivity contribution >= 4 is 5.91 Å². The molecule has 1 unspecified atom stereocenters. The molecule has 2 fully saturated rings. The number of hydrogen-bond donors (Lipinski definition) is 1. The molecule has 2 aliphatic rings. The average molecular weight is 335 g/mol. The fraction of sp³-hybridized carbons (Fsp3) is 0.611. The van der Waals surface area contributed by atoms with Crippen molar-refractivity contribution in [2.75, 3.05) is 39.8 Å². The van der Waals surface area contributed by atoms with E-state index < -0.39 is 0 Å². The number of carbonyl (C=O) groups is 1. The Morgan fingerprint density at radius 1 is 1.33 bits per heavy atom. The van der Waals surface area contributed by atoms with Crippen molar-refractivity contribution in [3.05, 3.63) is 29.6 Å². The Labute approximate surface area is 142 Å². The number of nitrogens with zero attached hydrogens (tertiary/aromatic N) is 2. The Hall–Kier alpha value is -1.66. The number of piperazine rings is 1. The molecule has 3 rings (SSSR count). The van der Waals surface area contributed by atoms with Crippen LogP contribution >= 0.6 is 0 Å². The molecular formula is C18H26FN3O2. The van der Waals surface area contributed by atoms with E-state index in [-0.39, 0.29) is 17.5 Å². The molecule has 2 aliphatic heterocycles. The van der Waals surface area contributed by atoms with Crippen molar-refractivity contribution in [1.82, 2.24) is 15.1 Å². The zero-order valence-electron chi connectivity index (χ0n) is 14.3. The Morgan fingerprint density at radius 2 is 2.12 bits per heavy atom. The molecule has 1 aromatic rings. The molecule has 132 valence electrons. The van der Waals surface area contributed by atoms with E-state index in [2.05, 4.69) is 10.2 Å². The first-order chi connectivity index (χ1) is 11.7. The highest BCUT2D eigenvalue weighted by Crippen LogP contribution is 2.19. The second kappa shape index (κ2) is 7.94. The number of carbonyl (C=O) groups excluding carboxylic acids is 1. The molecule has 1 N–H and O–H groups in total. The molecule has 0 bridgehead atoms. The lowest BCUT2D eigenvalue weighted by molar-refractivity contribution is -0.133. The molecule has 0 aliphatic carbocycles. The van der Waals surface area contributed by atoms with Crippen LogP contribution in [0.15, 0.2) is 18.2 Å². The Bertz CT molecular complexity index is 567. The number of amides is 1. The van der Waals surface area contributed by atoms with Gasteiger partial charge >= 0.3 is 0 Å². The van der Waals surface area contributed by atoms with Crippen LogP contribution in [-0.2, 0) is 11.3 Å². The summed E-state index contributed by atoms with van der Waals surface area (Å²) in [6, 6.07) is 5.45. The molecule has 0 aromatic heterocycles. The van der Waals surface area contributed by atoms with Gasteiger partial charge in [0.1, 0.15) is 0 Å². The molecule has 0 saturated carbocycles. The fourth-order valence-electron chi connectivity index (χ4n) is 3.49. The molecule has 24 heavy (non-hydrogen) atoms. The third-order valence-corrected chi connectivity index (χ3v) is 4.93. The van der Waals surface area contributed by atoms with E-state index in [1.165, 1.54) is 19.6 Å². The van der Waals surface area contributed by atoms with E-state index >= 15 is 0 Å². The van der Waals surface area contributed by atoms with Crippen LogP contribution in [0, 0.1) is 5.82 Å². The van der Waals surface area contributed by atoms with Crippen LogP contribution in [0.1, 0.15) is 24.8 Å². The summed E-state index contributed by atoms with van der Waals surface area (Å²) in [5.41, 5.74) is 0.934. The quantitative estimate of drug-likeness (QED) is 0.888. The summed E-state index contributed by atoms with van der Waals surface area (Å²) in [5.74, 6) is 0.201. The largest absolute Gasteiger partial charge is 0.494 e. The van der Waals surface area contributed by atoms with Gasteiger partial charge in [0.25, 0.3) is 0 Å². The SMILES string of the molecule is COc1ccc(CN2CCN(C(=O)CC3CCCN3)CC2)cc1F. The number of hydrogen-bond acceptors (Lipinski definition) is 4. The van der Waals surface area contributed by atoms with Crippen LogP contribution in [0.25, 0.3) is 0 Å². The highest BCUT2D eigenvalue weighted by molar-refractivity contribution is 5.77. The second-order valence-electron chi connectivity index (χ2n) is 6.62. The van der Waals surface area contributed by atoms with Gasteiger partial charge in [0.2, 0.25) is 5.91 Å². The van der Waals surface area contributed by atoms with E-state index in [4.69, 9.17) is 4.74 Å². The number of ether oxygens (including phenoxy) is 1. The summed E-state index contributed by atoms with van der Waals surface area (Å²) in [4.78, 5) is 16.6. The van der Waals surface area contributed by atoms with Crippen LogP contribution < -0.4 is 10.1 Å². The molecule has 2 saturated heterocycles. The van der Waals surface area contributed by atoms with Crippen molar-refractivity contribution in [2.45, 2.75) is 31.8 Å². The highest BCUT2D eigenvalue weighted by atomic mass is 19.1. The van der Waals surface area contributed by atoms with Gasteiger partial charge in [-0.15, -0.1) is 0 Å². The Kier molecular flexibility index (Phi) is 5.68. The lowest BCUT2D eigenvalue weighted by Crippen LogP contribution is -2.49. The number of nitrogens with one attached hydrogen (secondary N) is 1. The maximum Gasteiger partial charge on any atom is 0.224 e. The minimum atomic E-state index is -0.326. The van der Waals surface area contributed by atoms with Gasteiger partial charge in [0, 0.05) is 45.2 Å². The molecule has 0 spiro atoms. The van der Waals surface area contributed by atoms with Gasteiger partial charge in [-0.3, -0.25) is 9.69 Å². The van der Waals surface area contributed by atoms with Crippen molar-refractivity contribution in [3.8, 4) is 5.75 Å². The van der Waals surface area contributed by atoms with Crippen LogP contribution in [-0.4, -0.2) is 61.6 Å². The maximum absolute atomic E-state index is 13.8. The zero-order chi connectivity index (χ0) is 16.9. The van der Waals surface area contributed by atoms with Crippen molar-refractivity contribution < 1.29 is 13.9 Å². The highest BCUT2D eigenvalue weighted by Gasteiger charge is 2.24. The first kappa shape index (κ1) is 17.2. The molecule has 1 amide bonds. The molecule has 1 atom stereocenters. The summed E-state index contributed by atoms with van der Waals surface area (Å²) in [5, 5.41) is 3.38. The Morgan fingerprint density at radius 3 is 2.75 bits per heavy atom. The lowest BCUT2D eigenvalue weighted by Gasteiger charge is -2.35. The fourth-order valence-corrected chi connectivity index (χ4v) is 3.49. The average Bonchev–Trinajstić information content (AvgIpc) is 3.08. The lowest BCUT2D eigenvalue weighted by atomic mass is 10.1. The normalized spacial score (nSPS) is 21.9. The zero-order valence-corrected chi connectivity index (χ0v) is 14.3. The summed E-state index contributed by atoms with van der Waals surface area (Å²) in [7, 11) is 1.47. The molecule has 6 heteroatoms. The molecule has 2 heterocycles. The second-order valence-corrected chi connectivity index (χ2v) is 6.62. The van der Waals surface area contributed by atoms with Crippen molar-refractivity contribution in [3.63, 3.8) is 0 Å². The molecular weight excluding hydrogens is 309 g/mol. The molecule has 5 nitrogen and oxygen atoms in total. The predicted molar refractivity (Wildman–Crippen MR) is 90.5 cm³/mol. The third kappa shape index (κ3) is 4.24. The number of methoxy groups -OCH3 is 1. The van der Waals surface area contributed by atoms with Crippen LogP contribution in [0.2, 0.25) is 0 Å². The van der Waals surface area contributed by atoms with Crippen LogP contribution in [0.4, 0.5) is 4.39 Å². The van der Waals surface area contributed by atoms with Gasteiger partial charge in [0.05, 0.1) is 7.11 Å². The molecule has 0 radical (unpaired) electrons. The van der Waals surface area contributed by atoms with Gasteiger partial charge in [-0.05, 0) is 37.1 Å². The molecule has 1 aromatic carbocycles. The van der Waals surface area contributed by atoms with Crippen LogP contribution in [0.3, 0.4) is 0 Å². The van der Waals surface area contributed by atoms with E-state index in [0.717, 1.165) is 44.7 Å². The van der Waals surface area contributed by atoms with Gasteiger partial charge in [-0.25, -0.2) is 4.39 Å². The minimum absolute atomic E-state index is 0.254. The standard InChI is InChI=1S/C18H26FN3O2/c1-24-17-5-4-14(11-16(17)19)13-21-7-9-22(10-8-21)18(23)12-15-3-2-6-20-15/h4-5,11,15,20H,2-3,6-10,12-13H2,1H3.